The van der Waals surface area contributed by atoms with E-state index in [-0.39, 0.29) is 23.4 Å². The third-order valence-corrected chi connectivity index (χ3v) is 4.83. The van der Waals surface area contributed by atoms with Crippen LogP contribution in [0.4, 0.5) is 0 Å². The molecule has 0 bridgehead atoms. The van der Waals surface area contributed by atoms with Crippen molar-refractivity contribution in [3.63, 3.8) is 0 Å². The fourth-order valence-corrected chi connectivity index (χ4v) is 3.80. The van der Waals surface area contributed by atoms with Gasteiger partial charge >= 0.3 is 0 Å². The molecule has 104 valence electrons. The second-order valence-electron chi connectivity index (χ2n) is 6.24. The zero-order chi connectivity index (χ0) is 13.6. The van der Waals surface area contributed by atoms with Crippen LogP contribution in [0, 0.1) is 5.41 Å². The molecule has 1 atom stereocenters. The molecule has 0 aromatic heterocycles. The predicted octanol–water partition coefficient (Wildman–Crippen LogP) is 1.92. The molecule has 2 aliphatic heterocycles. The highest BCUT2D eigenvalue weighted by molar-refractivity contribution is 5.87. The SMILES string of the molecule is C=C1C=C(N2C(=O)C3(CCC(N)CC3)CC2C)CO1. The third-order valence-electron chi connectivity index (χ3n) is 4.83. The lowest BCUT2D eigenvalue weighted by Gasteiger charge is -2.34. The molecule has 19 heavy (non-hydrogen) atoms. The van der Waals surface area contributed by atoms with E-state index in [0.717, 1.165) is 37.8 Å². The molecule has 1 unspecified atom stereocenters. The summed E-state index contributed by atoms with van der Waals surface area (Å²) < 4.78 is 5.37. The first kappa shape index (κ1) is 12.7. The zero-order valence-electron chi connectivity index (χ0n) is 11.5. The minimum Gasteiger partial charge on any atom is -0.488 e. The molecule has 1 saturated heterocycles. The summed E-state index contributed by atoms with van der Waals surface area (Å²) in [5.41, 5.74) is 6.77. The first-order valence-corrected chi connectivity index (χ1v) is 7.13. The first-order chi connectivity index (χ1) is 9.02. The Hall–Kier alpha value is -1.29. The smallest absolute Gasteiger partial charge is 0.233 e. The molecule has 0 aromatic carbocycles. The van der Waals surface area contributed by atoms with Crippen molar-refractivity contribution in [3.05, 3.63) is 24.1 Å². The van der Waals surface area contributed by atoms with Crippen LogP contribution in [0.5, 0.6) is 0 Å². The van der Waals surface area contributed by atoms with E-state index in [1.807, 2.05) is 11.0 Å². The lowest BCUT2D eigenvalue weighted by atomic mass is 9.71. The largest absolute Gasteiger partial charge is 0.488 e. The number of rotatable bonds is 1. The molecular weight excluding hydrogens is 240 g/mol. The first-order valence-electron chi connectivity index (χ1n) is 7.13. The Kier molecular flexibility index (Phi) is 2.93. The van der Waals surface area contributed by atoms with Crippen molar-refractivity contribution in [2.45, 2.75) is 51.1 Å². The summed E-state index contributed by atoms with van der Waals surface area (Å²) in [6.07, 6.45) is 6.64. The van der Waals surface area contributed by atoms with Gasteiger partial charge in [0.1, 0.15) is 12.4 Å². The van der Waals surface area contributed by atoms with Crippen LogP contribution in [0.1, 0.15) is 39.0 Å². The van der Waals surface area contributed by atoms with Crippen LogP contribution >= 0.6 is 0 Å². The molecule has 0 radical (unpaired) electrons. The van der Waals surface area contributed by atoms with E-state index in [2.05, 4.69) is 13.5 Å². The van der Waals surface area contributed by atoms with Gasteiger partial charge in [0.15, 0.2) is 0 Å². The van der Waals surface area contributed by atoms with E-state index in [1.54, 1.807) is 0 Å². The van der Waals surface area contributed by atoms with Crippen LogP contribution in [0.15, 0.2) is 24.1 Å². The van der Waals surface area contributed by atoms with Gasteiger partial charge < -0.3 is 15.4 Å². The van der Waals surface area contributed by atoms with Gasteiger partial charge in [0.2, 0.25) is 5.91 Å². The molecule has 4 nitrogen and oxygen atoms in total. The number of allylic oxidation sites excluding steroid dienone is 1. The summed E-state index contributed by atoms with van der Waals surface area (Å²) in [6.45, 7) is 6.39. The highest BCUT2D eigenvalue weighted by Crippen LogP contribution is 2.48. The van der Waals surface area contributed by atoms with Crippen LogP contribution < -0.4 is 5.73 Å². The van der Waals surface area contributed by atoms with Gasteiger partial charge in [-0.15, -0.1) is 0 Å². The van der Waals surface area contributed by atoms with E-state index < -0.39 is 0 Å². The number of ether oxygens (including phenoxy) is 1. The zero-order valence-corrected chi connectivity index (χ0v) is 11.5. The van der Waals surface area contributed by atoms with Crippen molar-refractivity contribution < 1.29 is 9.53 Å². The summed E-state index contributed by atoms with van der Waals surface area (Å²) in [5.74, 6) is 0.929. The number of hydrogen-bond acceptors (Lipinski definition) is 3. The van der Waals surface area contributed by atoms with Crippen LogP contribution in [0.2, 0.25) is 0 Å². The summed E-state index contributed by atoms with van der Waals surface area (Å²) in [7, 11) is 0. The van der Waals surface area contributed by atoms with E-state index in [0.29, 0.717) is 12.4 Å². The molecule has 3 rings (SSSR count). The molecule has 1 aliphatic carbocycles. The monoisotopic (exact) mass is 262 g/mol. The minimum atomic E-state index is -0.167. The highest BCUT2D eigenvalue weighted by Gasteiger charge is 2.52. The van der Waals surface area contributed by atoms with Gasteiger partial charge in [-0.05, 0) is 39.0 Å². The van der Waals surface area contributed by atoms with Crippen molar-refractivity contribution in [2.24, 2.45) is 11.1 Å². The second kappa shape index (κ2) is 4.37. The average molecular weight is 262 g/mol. The van der Waals surface area contributed by atoms with Gasteiger partial charge in [-0.2, -0.15) is 0 Å². The molecule has 2 N–H and O–H groups in total. The fourth-order valence-electron chi connectivity index (χ4n) is 3.80. The Morgan fingerprint density at radius 1 is 1.47 bits per heavy atom. The number of hydrogen-bond donors (Lipinski definition) is 1. The Morgan fingerprint density at radius 2 is 2.16 bits per heavy atom. The normalized spacial score (nSPS) is 38.8. The van der Waals surface area contributed by atoms with E-state index in [9.17, 15) is 4.79 Å². The number of carbonyl (C=O) groups excluding carboxylic acids is 1. The standard InChI is InChI=1S/C15H22N2O2/c1-10-8-15(5-3-12(16)4-6-15)14(18)17(10)13-7-11(2)19-9-13/h7,10,12H,2-6,8-9,16H2,1H3. The van der Waals surface area contributed by atoms with Crippen molar-refractivity contribution in [2.75, 3.05) is 6.61 Å². The highest BCUT2D eigenvalue weighted by atomic mass is 16.5. The molecule has 1 saturated carbocycles. The van der Waals surface area contributed by atoms with Crippen LogP contribution in [-0.4, -0.2) is 29.5 Å². The van der Waals surface area contributed by atoms with E-state index >= 15 is 0 Å². The summed E-state index contributed by atoms with van der Waals surface area (Å²) in [6, 6.07) is 0.527. The van der Waals surface area contributed by atoms with Crippen LogP contribution in [-0.2, 0) is 9.53 Å². The Labute approximate surface area is 114 Å². The number of nitrogens with two attached hydrogens (primary N) is 1. The van der Waals surface area contributed by atoms with Gasteiger partial charge in [-0.1, -0.05) is 6.58 Å². The Bertz CT molecular complexity index is 447. The molecule has 3 aliphatic rings. The van der Waals surface area contributed by atoms with E-state index in [1.165, 1.54) is 0 Å². The quantitative estimate of drug-likeness (QED) is 0.785. The molecule has 2 heterocycles. The van der Waals surface area contributed by atoms with Crippen molar-refractivity contribution in [1.29, 1.82) is 0 Å². The predicted molar refractivity (Wildman–Crippen MR) is 73.0 cm³/mol. The summed E-state index contributed by atoms with van der Waals surface area (Å²) >= 11 is 0. The molecule has 4 heteroatoms. The average Bonchev–Trinajstić information content (AvgIpc) is 2.87. The lowest BCUT2D eigenvalue weighted by molar-refractivity contribution is -0.136. The van der Waals surface area contributed by atoms with Gasteiger partial charge in [-0.25, -0.2) is 0 Å². The third kappa shape index (κ3) is 1.98. The topological polar surface area (TPSA) is 55.6 Å². The molecule has 1 spiro atoms. The van der Waals surface area contributed by atoms with Gasteiger partial charge in [0, 0.05) is 18.2 Å². The Morgan fingerprint density at radius 3 is 2.74 bits per heavy atom. The second-order valence-corrected chi connectivity index (χ2v) is 6.24. The van der Waals surface area contributed by atoms with Crippen molar-refractivity contribution in [3.8, 4) is 0 Å². The molecule has 0 aromatic rings. The molecule has 2 fully saturated rings. The number of amides is 1. The molecular formula is C15H22N2O2. The van der Waals surface area contributed by atoms with Gasteiger partial charge in [0.05, 0.1) is 11.1 Å². The number of likely N-dealkylation sites (tertiary alicyclic amines) is 1. The summed E-state index contributed by atoms with van der Waals surface area (Å²) in [4.78, 5) is 14.8. The van der Waals surface area contributed by atoms with Crippen LogP contribution in [0.25, 0.3) is 0 Å². The van der Waals surface area contributed by atoms with Crippen molar-refractivity contribution in [1.82, 2.24) is 4.90 Å². The van der Waals surface area contributed by atoms with E-state index in [4.69, 9.17) is 10.5 Å². The maximum Gasteiger partial charge on any atom is 0.233 e. The fraction of sp³-hybridized carbons (Fsp3) is 0.667. The Balaban J connectivity index is 1.83. The van der Waals surface area contributed by atoms with Crippen LogP contribution in [0.3, 0.4) is 0 Å². The van der Waals surface area contributed by atoms with Crippen molar-refractivity contribution >= 4 is 5.91 Å². The minimum absolute atomic E-state index is 0.167. The summed E-state index contributed by atoms with van der Waals surface area (Å²) in [5, 5.41) is 0. The van der Waals surface area contributed by atoms with Gasteiger partial charge in [0.25, 0.3) is 0 Å². The maximum atomic E-state index is 12.9. The number of carbonyl (C=O) groups is 1. The lowest BCUT2D eigenvalue weighted by Crippen LogP contribution is -2.40. The maximum absolute atomic E-state index is 12.9. The molecule has 1 amide bonds. The van der Waals surface area contributed by atoms with Gasteiger partial charge in [-0.3, -0.25) is 4.79 Å². The number of nitrogens with zero attached hydrogens (tertiary/aromatic N) is 1.